The van der Waals surface area contributed by atoms with E-state index in [0.29, 0.717) is 16.5 Å². The fourth-order valence-electron chi connectivity index (χ4n) is 4.75. The summed E-state index contributed by atoms with van der Waals surface area (Å²) in [6.07, 6.45) is 7.16. The maximum absolute atomic E-state index is 6.47. The summed E-state index contributed by atoms with van der Waals surface area (Å²) in [5, 5.41) is 16.4. The first-order chi connectivity index (χ1) is 15.8. The van der Waals surface area contributed by atoms with E-state index in [1.165, 1.54) is 30.8 Å². The van der Waals surface area contributed by atoms with Gasteiger partial charge in [0.1, 0.15) is 23.8 Å². The molecule has 3 aliphatic heterocycles. The highest BCUT2D eigenvalue weighted by Crippen LogP contribution is 2.31. The van der Waals surface area contributed by atoms with Gasteiger partial charge < -0.3 is 20.7 Å². The van der Waals surface area contributed by atoms with Crippen LogP contribution in [0.1, 0.15) is 50.3 Å². The number of aromatic nitrogens is 2. The summed E-state index contributed by atoms with van der Waals surface area (Å²) in [4.78, 5) is 4.84. The number of nitrogens with zero attached hydrogens (tertiary/aromatic N) is 2. The fraction of sp³-hybridized carbons (Fsp3) is 0.652. The Bertz CT molecular complexity index is 825. The molecule has 4 N–H and O–H groups in total. The molecule has 32 heavy (non-hydrogen) atoms. The number of hydrogen-bond acceptors (Lipinski definition) is 9. The van der Waals surface area contributed by atoms with E-state index >= 15 is 0 Å². The monoisotopic (exact) mass is 474 g/mol. The zero-order valence-electron chi connectivity index (χ0n) is 18.5. The molecule has 3 saturated heterocycles. The van der Waals surface area contributed by atoms with Crippen LogP contribution in [0, 0.1) is 0 Å². The first kappa shape index (κ1) is 22.4. The zero-order valence-corrected chi connectivity index (χ0v) is 20.1. The molecule has 4 atom stereocenters. The van der Waals surface area contributed by atoms with Crippen molar-refractivity contribution in [3.63, 3.8) is 0 Å². The van der Waals surface area contributed by atoms with Crippen LogP contribution in [0.2, 0.25) is 0 Å². The lowest BCUT2D eigenvalue weighted by molar-refractivity contribution is 0.134. The standard InChI is InChI=1S/C23H34N6OS2/c1-2-6-17(7-3-1)30-19-14-18(31-20-8-4-5-11-25-20)15-26-22(19)28-23-27-21(29-32-23)16-9-12-24-13-10-16/h1-3,6-7,16,18-20,22,24-26H,4-5,8-15H2,(H,27,28,29). The largest absolute Gasteiger partial charge is 0.487 e. The molecule has 3 aliphatic rings. The Morgan fingerprint density at radius 2 is 1.91 bits per heavy atom. The van der Waals surface area contributed by atoms with Gasteiger partial charge in [-0.2, -0.15) is 4.37 Å². The molecule has 9 heteroatoms. The van der Waals surface area contributed by atoms with Crippen molar-refractivity contribution in [2.45, 2.75) is 67.3 Å². The third kappa shape index (κ3) is 5.94. The zero-order chi connectivity index (χ0) is 21.6. The Balaban J connectivity index is 1.24. The molecule has 0 saturated carbocycles. The molecule has 4 heterocycles. The molecule has 0 radical (unpaired) electrons. The van der Waals surface area contributed by atoms with Gasteiger partial charge in [-0.25, -0.2) is 4.98 Å². The molecule has 2 aromatic rings. The van der Waals surface area contributed by atoms with Gasteiger partial charge in [0.25, 0.3) is 0 Å². The Morgan fingerprint density at radius 1 is 1.03 bits per heavy atom. The van der Waals surface area contributed by atoms with Crippen molar-refractivity contribution in [2.24, 2.45) is 0 Å². The summed E-state index contributed by atoms with van der Waals surface area (Å²) < 4.78 is 11.1. The van der Waals surface area contributed by atoms with Crippen molar-refractivity contribution in [1.29, 1.82) is 0 Å². The molecule has 7 nitrogen and oxygen atoms in total. The number of rotatable bonds is 7. The normalized spacial score (nSPS) is 29.5. The van der Waals surface area contributed by atoms with Gasteiger partial charge >= 0.3 is 0 Å². The molecule has 3 fully saturated rings. The molecule has 1 aromatic carbocycles. The molecule has 5 rings (SSSR count). The van der Waals surface area contributed by atoms with Crippen molar-refractivity contribution < 1.29 is 4.74 Å². The van der Waals surface area contributed by atoms with Crippen LogP contribution in [0.4, 0.5) is 5.13 Å². The third-order valence-corrected chi connectivity index (χ3v) is 8.65. The minimum atomic E-state index is 0.0141. The topological polar surface area (TPSA) is 83.1 Å². The van der Waals surface area contributed by atoms with Crippen LogP contribution < -0.4 is 26.0 Å². The van der Waals surface area contributed by atoms with Crippen LogP contribution in [-0.4, -0.2) is 58.4 Å². The molecule has 174 valence electrons. The van der Waals surface area contributed by atoms with Gasteiger partial charge in [0.05, 0.1) is 5.37 Å². The summed E-state index contributed by atoms with van der Waals surface area (Å²) in [6.45, 7) is 4.22. The van der Waals surface area contributed by atoms with Gasteiger partial charge in [-0.15, -0.1) is 11.8 Å². The van der Waals surface area contributed by atoms with Crippen LogP contribution in [0.15, 0.2) is 30.3 Å². The fourth-order valence-corrected chi connectivity index (χ4v) is 6.91. The number of ether oxygens (including phenoxy) is 1. The number of hydrogen-bond donors (Lipinski definition) is 4. The SMILES string of the molecule is c1ccc(OC2CC(SC3CCCCN3)CNC2Nc2nc(C3CCNCC3)ns2)cc1. The summed E-state index contributed by atoms with van der Waals surface area (Å²) in [7, 11) is 0. The van der Waals surface area contributed by atoms with Gasteiger partial charge in [0.15, 0.2) is 0 Å². The quantitative estimate of drug-likeness (QED) is 0.486. The van der Waals surface area contributed by atoms with Gasteiger partial charge in [-0.1, -0.05) is 18.2 Å². The van der Waals surface area contributed by atoms with E-state index < -0.39 is 0 Å². The number of piperidine rings is 3. The van der Waals surface area contributed by atoms with Crippen molar-refractivity contribution in [2.75, 3.05) is 31.5 Å². The molecule has 0 spiro atoms. The van der Waals surface area contributed by atoms with Gasteiger partial charge in [0.2, 0.25) is 5.13 Å². The van der Waals surface area contributed by atoms with E-state index in [4.69, 9.17) is 9.72 Å². The van der Waals surface area contributed by atoms with Crippen LogP contribution in [0.3, 0.4) is 0 Å². The predicted octanol–water partition coefficient (Wildman–Crippen LogP) is 3.39. The predicted molar refractivity (Wildman–Crippen MR) is 133 cm³/mol. The molecular weight excluding hydrogens is 440 g/mol. The Morgan fingerprint density at radius 3 is 2.72 bits per heavy atom. The maximum Gasteiger partial charge on any atom is 0.203 e. The lowest BCUT2D eigenvalue weighted by Gasteiger charge is -2.38. The minimum absolute atomic E-state index is 0.0141. The van der Waals surface area contributed by atoms with E-state index in [1.54, 1.807) is 0 Å². The molecule has 4 unspecified atom stereocenters. The number of anilines is 1. The Hall–Kier alpha value is -1.39. The van der Waals surface area contributed by atoms with E-state index in [1.807, 2.05) is 30.3 Å². The highest BCUT2D eigenvalue weighted by Gasteiger charge is 2.34. The number of benzene rings is 1. The molecule has 0 bridgehead atoms. The van der Waals surface area contributed by atoms with Crippen molar-refractivity contribution in [3.05, 3.63) is 36.2 Å². The average Bonchev–Trinajstić information content (AvgIpc) is 3.31. The highest BCUT2D eigenvalue weighted by molar-refractivity contribution is 8.00. The second kappa shape index (κ2) is 11.2. The summed E-state index contributed by atoms with van der Waals surface area (Å²) in [6, 6.07) is 10.2. The van der Waals surface area contributed by atoms with Gasteiger partial charge in [-0.3, -0.25) is 5.32 Å². The molecule has 0 aliphatic carbocycles. The minimum Gasteiger partial charge on any atom is -0.487 e. The smallest absolute Gasteiger partial charge is 0.203 e. The van der Waals surface area contributed by atoms with Gasteiger partial charge in [-0.05, 0) is 63.9 Å². The first-order valence-electron chi connectivity index (χ1n) is 12.0. The van der Waals surface area contributed by atoms with Crippen molar-refractivity contribution >= 4 is 28.4 Å². The van der Waals surface area contributed by atoms with Crippen molar-refractivity contribution in [3.8, 4) is 5.75 Å². The number of thioether (sulfide) groups is 1. The van der Waals surface area contributed by atoms with E-state index in [0.717, 1.165) is 62.1 Å². The van der Waals surface area contributed by atoms with E-state index in [2.05, 4.69) is 37.4 Å². The highest BCUT2D eigenvalue weighted by atomic mass is 32.2. The number of nitrogens with one attached hydrogen (secondary N) is 4. The summed E-state index contributed by atoms with van der Waals surface area (Å²) >= 11 is 3.55. The maximum atomic E-state index is 6.47. The second-order valence-electron chi connectivity index (χ2n) is 8.91. The van der Waals surface area contributed by atoms with Crippen molar-refractivity contribution in [1.82, 2.24) is 25.3 Å². The summed E-state index contributed by atoms with van der Waals surface area (Å²) in [5.41, 5.74) is 0. The average molecular weight is 475 g/mol. The van der Waals surface area contributed by atoms with Crippen LogP contribution in [-0.2, 0) is 0 Å². The Kier molecular flexibility index (Phi) is 7.81. The van der Waals surface area contributed by atoms with Crippen LogP contribution in [0.5, 0.6) is 5.75 Å². The van der Waals surface area contributed by atoms with Crippen LogP contribution >= 0.6 is 23.3 Å². The summed E-state index contributed by atoms with van der Waals surface area (Å²) in [5.74, 6) is 2.38. The molecular formula is C23H34N6OS2. The molecule has 1 aromatic heterocycles. The second-order valence-corrected chi connectivity index (χ2v) is 11.2. The first-order valence-corrected chi connectivity index (χ1v) is 13.7. The molecule has 0 amide bonds. The number of para-hydroxylation sites is 1. The lowest BCUT2D eigenvalue weighted by Crippen LogP contribution is -2.56. The Labute approximate surface area is 199 Å². The van der Waals surface area contributed by atoms with E-state index in [9.17, 15) is 0 Å². The third-order valence-electron chi connectivity index (χ3n) is 6.51. The van der Waals surface area contributed by atoms with Crippen LogP contribution in [0.25, 0.3) is 0 Å². The van der Waals surface area contributed by atoms with E-state index in [-0.39, 0.29) is 12.3 Å². The lowest BCUT2D eigenvalue weighted by atomic mass is 9.98. The van der Waals surface area contributed by atoms with Gasteiger partial charge in [0, 0.05) is 35.7 Å².